The zero-order valence-corrected chi connectivity index (χ0v) is 12.3. The fourth-order valence-corrected chi connectivity index (χ4v) is 1.99. The van der Waals surface area contributed by atoms with Crippen LogP contribution in [-0.4, -0.2) is 80.2 Å². The van der Waals surface area contributed by atoms with E-state index in [9.17, 15) is 0 Å². The molecule has 0 heterocycles. The third kappa shape index (κ3) is 5.17. The first-order valence-corrected chi connectivity index (χ1v) is 5.94. The van der Waals surface area contributed by atoms with Gasteiger partial charge in [0.05, 0.1) is 12.7 Å². The van der Waals surface area contributed by atoms with E-state index in [4.69, 9.17) is 23.7 Å². The van der Waals surface area contributed by atoms with Crippen molar-refractivity contribution in [2.24, 2.45) is 0 Å². The monoisotopic (exact) mass is 265 g/mol. The molecule has 0 aliphatic carbocycles. The van der Waals surface area contributed by atoms with Crippen molar-refractivity contribution in [1.29, 1.82) is 0 Å². The lowest BCUT2D eigenvalue weighted by Crippen LogP contribution is -2.52. The van der Waals surface area contributed by atoms with Crippen LogP contribution in [0, 0.1) is 0 Å². The minimum absolute atomic E-state index is 0.126. The van der Waals surface area contributed by atoms with E-state index < -0.39 is 0 Å². The second-order valence-corrected chi connectivity index (χ2v) is 3.96. The van der Waals surface area contributed by atoms with Crippen LogP contribution in [0.5, 0.6) is 0 Å². The van der Waals surface area contributed by atoms with Crippen molar-refractivity contribution in [2.45, 2.75) is 24.4 Å². The van der Waals surface area contributed by atoms with Crippen LogP contribution in [0.1, 0.15) is 0 Å². The average Bonchev–Trinajstić information content (AvgIpc) is 2.40. The Morgan fingerprint density at radius 3 is 1.61 bits per heavy atom. The summed E-state index contributed by atoms with van der Waals surface area (Å²) in [5, 5.41) is 3.07. The molecule has 0 fully saturated rings. The topological polar surface area (TPSA) is 58.2 Å². The Balaban J connectivity index is 4.81. The van der Waals surface area contributed by atoms with Crippen LogP contribution in [-0.2, 0) is 23.7 Å². The van der Waals surface area contributed by atoms with E-state index in [1.54, 1.807) is 35.5 Å². The minimum atomic E-state index is -0.266. The zero-order chi connectivity index (χ0) is 14.0. The predicted molar refractivity (Wildman–Crippen MR) is 69.0 cm³/mol. The first-order chi connectivity index (χ1) is 8.69. The van der Waals surface area contributed by atoms with Crippen molar-refractivity contribution >= 4 is 0 Å². The van der Waals surface area contributed by atoms with Crippen molar-refractivity contribution in [3.05, 3.63) is 0 Å². The van der Waals surface area contributed by atoms with Gasteiger partial charge in [0.15, 0.2) is 0 Å². The summed E-state index contributed by atoms with van der Waals surface area (Å²) in [5.74, 6) is 0. The Hall–Kier alpha value is -0.240. The Kier molecular flexibility index (Phi) is 10.5. The van der Waals surface area contributed by atoms with Crippen LogP contribution in [0.15, 0.2) is 0 Å². The maximum Gasteiger partial charge on any atom is 0.114 e. The standard InChI is InChI=1S/C12H27NO5/c1-13-7-9(15-3)11(17-5)12(18-6)10(16-4)8-14-2/h9-13H,7-8H2,1-6H3/t9-,10-,11-,12+/m0/s1. The molecule has 0 aliphatic rings. The van der Waals surface area contributed by atoms with Crippen molar-refractivity contribution in [1.82, 2.24) is 5.32 Å². The van der Waals surface area contributed by atoms with E-state index in [-0.39, 0.29) is 24.4 Å². The van der Waals surface area contributed by atoms with Crippen LogP contribution in [0.2, 0.25) is 0 Å². The molecule has 0 aromatic carbocycles. The van der Waals surface area contributed by atoms with Gasteiger partial charge in [-0.05, 0) is 7.05 Å². The molecule has 18 heavy (non-hydrogen) atoms. The van der Waals surface area contributed by atoms with E-state index in [0.29, 0.717) is 13.2 Å². The fourth-order valence-electron chi connectivity index (χ4n) is 1.99. The first-order valence-electron chi connectivity index (χ1n) is 5.94. The minimum Gasteiger partial charge on any atom is -0.382 e. The highest BCUT2D eigenvalue weighted by atomic mass is 16.6. The number of nitrogens with one attached hydrogen (secondary N) is 1. The Bertz CT molecular complexity index is 173. The molecule has 0 unspecified atom stereocenters. The van der Waals surface area contributed by atoms with Gasteiger partial charge in [0.25, 0.3) is 0 Å². The molecule has 0 radical (unpaired) electrons. The van der Waals surface area contributed by atoms with Gasteiger partial charge in [0.1, 0.15) is 18.3 Å². The molecule has 0 rings (SSSR count). The number of likely N-dealkylation sites (N-methyl/N-ethyl adjacent to an activating group) is 1. The van der Waals surface area contributed by atoms with E-state index in [2.05, 4.69) is 5.32 Å². The van der Waals surface area contributed by atoms with Gasteiger partial charge >= 0.3 is 0 Å². The van der Waals surface area contributed by atoms with Gasteiger partial charge in [0, 0.05) is 42.1 Å². The highest BCUT2D eigenvalue weighted by Gasteiger charge is 2.35. The number of hydrogen-bond acceptors (Lipinski definition) is 6. The van der Waals surface area contributed by atoms with Crippen LogP contribution in [0.25, 0.3) is 0 Å². The van der Waals surface area contributed by atoms with E-state index >= 15 is 0 Å². The smallest absolute Gasteiger partial charge is 0.114 e. The predicted octanol–water partition coefficient (Wildman–Crippen LogP) is -0.0878. The molecule has 0 spiro atoms. The molecule has 0 amide bonds. The van der Waals surface area contributed by atoms with Crippen molar-refractivity contribution in [3.8, 4) is 0 Å². The van der Waals surface area contributed by atoms with Gasteiger partial charge in [0.2, 0.25) is 0 Å². The fraction of sp³-hybridized carbons (Fsp3) is 1.00. The van der Waals surface area contributed by atoms with Gasteiger partial charge in [-0.2, -0.15) is 0 Å². The highest BCUT2D eigenvalue weighted by Crippen LogP contribution is 2.16. The SMILES string of the molecule is CNC[C@H](OC)[C@H](OC)[C@H](OC)[C@H](COC)OC. The molecule has 0 saturated heterocycles. The number of hydrogen-bond donors (Lipinski definition) is 1. The summed E-state index contributed by atoms with van der Waals surface area (Å²) in [5.41, 5.74) is 0. The molecule has 6 heteroatoms. The molecule has 4 atom stereocenters. The molecular weight excluding hydrogens is 238 g/mol. The lowest BCUT2D eigenvalue weighted by molar-refractivity contribution is -0.157. The lowest BCUT2D eigenvalue weighted by Gasteiger charge is -2.34. The van der Waals surface area contributed by atoms with Crippen LogP contribution < -0.4 is 5.32 Å². The molecule has 1 N–H and O–H groups in total. The van der Waals surface area contributed by atoms with Gasteiger partial charge < -0.3 is 29.0 Å². The Labute approximate surface area is 110 Å². The lowest BCUT2D eigenvalue weighted by atomic mass is 10.0. The maximum absolute atomic E-state index is 5.51. The summed E-state index contributed by atoms with van der Waals surface area (Å²) in [6.45, 7) is 1.10. The van der Waals surface area contributed by atoms with Gasteiger partial charge in [-0.1, -0.05) is 0 Å². The molecule has 0 saturated carbocycles. The number of methoxy groups -OCH3 is 5. The zero-order valence-electron chi connectivity index (χ0n) is 12.3. The molecule has 0 aromatic heterocycles. The summed E-state index contributed by atoms with van der Waals surface area (Å²) in [6, 6.07) is 0. The van der Waals surface area contributed by atoms with E-state index in [0.717, 1.165) is 0 Å². The van der Waals surface area contributed by atoms with Crippen molar-refractivity contribution in [2.75, 3.05) is 55.7 Å². The van der Waals surface area contributed by atoms with E-state index in [1.165, 1.54) is 0 Å². The van der Waals surface area contributed by atoms with Gasteiger partial charge in [-0.15, -0.1) is 0 Å². The first kappa shape index (κ1) is 17.8. The summed E-state index contributed by atoms with van der Waals surface area (Å²) in [4.78, 5) is 0. The number of rotatable bonds is 11. The van der Waals surface area contributed by atoms with E-state index in [1.807, 2.05) is 7.05 Å². The van der Waals surface area contributed by atoms with Crippen LogP contribution >= 0.6 is 0 Å². The average molecular weight is 265 g/mol. The summed E-state index contributed by atoms with van der Waals surface area (Å²) in [7, 11) is 10.0. The van der Waals surface area contributed by atoms with Gasteiger partial charge in [-0.3, -0.25) is 0 Å². The molecule has 6 nitrogen and oxygen atoms in total. The second-order valence-electron chi connectivity index (χ2n) is 3.96. The van der Waals surface area contributed by atoms with Crippen molar-refractivity contribution < 1.29 is 23.7 Å². The van der Waals surface area contributed by atoms with Gasteiger partial charge in [-0.25, -0.2) is 0 Å². The summed E-state index contributed by atoms with van der Waals surface area (Å²) >= 11 is 0. The molecule has 0 bridgehead atoms. The summed E-state index contributed by atoms with van der Waals surface area (Å²) < 4.78 is 27.0. The van der Waals surface area contributed by atoms with Crippen molar-refractivity contribution in [3.63, 3.8) is 0 Å². The summed E-state index contributed by atoms with van der Waals surface area (Å²) in [6.07, 6.45) is -0.843. The molecule has 0 aromatic rings. The highest BCUT2D eigenvalue weighted by molar-refractivity contribution is 4.86. The van der Waals surface area contributed by atoms with Crippen LogP contribution in [0.4, 0.5) is 0 Å². The largest absolute Gasteiger partial charge is 0.382 e. The molecule has 110 valence electrons. The molecular formula is C12H27NO5. The molecule has 0 aliphatic heterocycles. The Morgan fingerprint density at radius 1 is 0.778 bits per heavy atom. The quantitative estimate of drug-likeness (QED) is 0.563. The maximum atomic E-state index is 5.51. The second kappa shape index (κ2) is 10.7. The third-order valence-corrected chi connectivity index (χ3v) is 2.94. The normalized spacial score (nSPS) is 18.3. The number of ether oxygens (including phenoxy) is 5. The Morgan fingerprint density at radius 2 is 1.28 bits per heavy atom. The van der Waals surface area contributed by atoms with Crippen LogP contribution in [0.3, 0.4) is 0 Å². The third-order valence-electron chi connectivity index (χ3n) is 2.94.